The van der Waals surface area contributed by atoms with Gasteiger partial charge in [-0.05, 0) is 25.7 Å². The fraction of sp³-hybridized carbons (Fsp3) is 0.714. The Bertz CT molecular complexity index is 506. The smallest absolute Gasteiger partial charge is 0.360 e. The molecule has 6 nitrogen and oxygen atoms in total. The first-order valence-corrected chi connectivity index (χ1v) is 7.20. The highest BCUT2D eigenvalue weighted by atomic mass is 16.5. The number of esters is 1. The van der Waals surface area contributed by atoms with Gasteiger partial charge in [0, 0.05) is 12.8 Å². The van der Waals surface area contributed by atoms with Crippen molar-refractivity contribution in [1.82, 2.24) is 9.78 Å². The van der Waals surface area contributed by atoms with Crippen molar-refractivity contribution in [3.8, 4) is 0 Å². The van der Waals surface area contributed by atoms with Crippen molar-refractivity contribution in [3.63, 3.8) is 0 Å². The van der Waals surface area contributed by atoms with Crippen LogP contribution in [0.25, 0.3) is 0 Å². The van der Waals surface area contributed by atoms with Gasteiger partial charge in [-0.1, -0.05) is 12.8 Å². The molecule has 2 aliphatic rings. The number of methoxy groups -OCH3 is 1. The predicted molar refractivity (Wildman–Crippen MR) is 73.4 cm³/mol. The lowest BCUT2D eigenvalue weighted by Crippen LogP contribution is -2.38. The van der Waals surface area contributed by atoms with Gasteiger partial charge in [-0.2, -0.15) is 5.10 Å². The molecule has 1 atom stereocenters. The van der Waals surface area contributed by atoms with Crippen LogP contribution >= 0.6 is 0 Å². The first-order chi connectivity index (χ1) is 9.63. The molecule has 1 aromatic rings. The van der Waals surface area contributed by atoms with Crippen LogP contribution < -0.4 is 5.73 Å². The molecule has 3 rings (SSSR count). The number of hydrogen-bond acceptors (Lipinski definition) is 5. The second-order valence-corrected chi connectivity index (χ2v) is 5.79. The minimum Gasteiger partial charge on any atom is -0.464 e. The highest BCUT2D eigenvalue weighted by molar-refractivity contribution is 5.92. The molecule has 1 saturated carbocycles. The highest BCUT2D eigenvalue weighted by Crippen LogP contribution is 2.43. The molecular formula is C14H21N3O3. The molecular weight excluding hydrogens is 258 g/mol. The fourth-order valence-corrected chi connectivity index (χ4v) is 3.44. The summed E-state index contributed by atoms with van der Waals surface area (Å²) in [6.45, 7) is 0.748. The van der Waals surface area contributed by atoms with Gasteiger partial charge in [0.2, 0.25) is 0 Å². The van der Waals surface area contributed by atoms with Crippen LogP contribution in [0.5, 0.6) is 0 Å². The summed E-state index contributed by atoms with van der Waals surface area (Å²) in [6.07, 6.45) is 8.33. The van der Waals surface area contributed by atoms with Gasteiger partial charge < -0.3 is 15.2 Å². The molecule has 1 saturated heterocycles. The molecule has 2 fully saturated rings. The third-order valence-electron chi connectivity index (χ3n) is 4.49. The van der Waals surface area contributed by atoms with Crippen LogP contribution in [-0.2, 0) is 9.47 Å². The Hall–Kier alpha value is -1.56. The normalized spacial score (nSPS) is 24.9. The average molecular weight is 279 g/mol. The van der Waals surface area contributed by atoms with E-state index in [1.807, 2.05) is 4.68 Å². The molecule has 1 aliphatic carbocycles. The Kier molecular flexibility index (Phi) is 3.41. The number of ether oxygens (including phenoxy) is 2. The zero-order chi connectivity index (χ0) is 14.2. The van der Waals surface area contributed by atoms with Crippen molar-refractivity contribution in [2.75, 3.05) is 19.5 Å². The number of carbonyl (C=O) groups excluding carboxylic acids is 1. The van der Waals surface area contributed by atoms with E-state index in [1.54, 1.807) is 6.20 Å². The Balaban J connectivity index is 1.80. The molecule has 1 aromatic heterocycles. The maximum atomic E-state index is 11.6. The van der Waals surface area contributed by atoms with Crippen molar-refractivity contribution >= 4 is 11.7 Å². The maximum absolute atomic E-state index is 11.6. The predicted octanol–water partition coefficient (Wildman–Crippen LogP) is 1.92. The van der Waals surface area contributed by atoms with Gasteiger partial charge in [0.25, 0.3) is 0 Å². The minimum atomic E-state index is -0.483. The van der Waals surface area contributed by atoms with Crippen LogP contribution in [0.4, 0.5) is 5.69 Å². The standard InChI is InChI=1S/C14H21N3O3/c1-19-13(18)12-11(15)9-17(16-12)10-4-7-20-14(8-10)5-2-3-6-14/h9-10H,2-8,15H2,1H3. The molecule has 0 amide bonds. The Morgan fingerprint density at radius 2 is 2.30 bits per heavy atom. The second kappa shape index (κ2) is 5.09. The van der Waals surface area contributed by atoms with Gasteiger partial charge >= 0.3 is 5.97 Å². The quantitative estimate of drug-likeness (QED) is 0.837. The van der Waals surface area contributed by atoms with E-state index < -0.39 is 5.97 Å². The Morgan fingerprint density at radius 3 is 3.00 bits per heavy atom. The monoisotopic (exact) mass is 279 g/mol. The van der Waals surface area contributed by atoms with Gasteiger partial charge in [-0.15, -0.1) is 0 Å². The van der Waals surface area contributed by atoms with Crippen LogP contribution in [0.15, 0.2) is 6.20 Å². The Labute approximate surface area is 118 Å². The lowest BCUT2D eigenvalue weighted by Gasteiger charge is -2.38. The van der Waals surface area contributed by atoms with Gasteiger partial charge in [0.15, 0.2) is 5.69 Å². The van der Waals surface area contributed by atoms with E-state index in [0.29, 0.717) is 5.69 Å². The van der Waals surface area contributed by atoms with Gasteiger partial charge in [0.05, 0.1) is 24.4 Å². The number of rotatable bonds is 2. The molecule has 0 bridgehead atoms. The Morgan fingerprint density at radius 1 is 1.55 bits per heavy atom. The largest absolute Gasteiger partial charge is 0.464 e. The number of nitrogens with zero attached hydrogens (tertiary/aromatic N) is 2. The number of carbonyl (C=O) groups is 1. The van der Waals surface area contributed by atoms with E-state index in [1.165, 1.54) is 20.0 Å². The second-order valence-electron chi connectivity index (χ2n) is 5.79. The molecule has 2 heterocycles. The molecule has 1 unspecified atom stereocenters. The van der Waals surface area contributed by atoms with Crippen molar-refractivity contribution < 1.29 is 14.3 Å². The molecule has 20 heavy (non-hydrogen) atoms. The molecule has 2 N–H and O–H groups in total. The first kappa shape index (κ1) is 13.4. The lowest BCUT2D eigenvalue weighted by molar-refractivity contribution is -0.0910. The van der Waals surface area contributed by atoms with Crippen molar-refractivity contribution in [2.45, 2.75) is 50.2 Å². The van der Waals surface area contributed by atoms with Gasteiger partial charge in [-0.3, -0.25) is 4.68 Å². The number of aromatic nitrogens is 2. The highest BCUT2D eigenvalue weighted by Gasteiger charge is 2.40. The first-order valence-electron chi connectivity index (χ1n) is 7.20. The number of anilines is 1. The molecule has 0 radical (unpaired) electrons. The van der Waals surface area contributed by atoms with Crippen LogP contribution in [0.2, 0.25) is 0 Å². The van der Waals surface area contributed by atoms with Crippen molar-refractivity contribution in [1.29, 1.82) is 0 Å². The van der Waals surface area contributed by atoms with E-state index in [-0.39, 0.29) is 17.3 Å². The number of hydrogen-bond donors (Lipinski definition) is 1. The van der Waals surface area contributed by atoms with Crippen LogP contribution in [0.3, 0.4) is 0 Å². The SMILES string of the molecule is COC(=O)c1nn(C2CCOC3(CCCC3)C2)cc1N. The molecule has 1 spiro atoms. The van der Waals surface area contributed by atoms with Crippen LogP contribution in [0, 0.1) is 0 Å². The number of nitrogen functional groups attached to an aromatic ring is 1. The van der Waals surface area contributed by atoms with Crippen molar-refractivity contribution in [3.05, 3.63) is 11.9 Å². The van der Waals surface area contributed by atoms with E-state index in [2.05, 4.69) is 5.10 Å². The van der Waals surface area contributed by atoms with E-state index in [9.17, 15) is 4.79 Å². The molecule has 0 aromatic carbocycles. The number of nitrogens with two attached hydrogens (primary N) is 1. The molecule has 110 valence electrons. The van der Waals surface area contributed by atoms with E-state index in [4.69, 9.17) is 15.2 Å². The summed E-state index contributed by atoms with van der Waals surface area (Å²) in [5, 5.41) is 4.32. The zero-order valence-corrected chi connectivity index (χ0v) is 11.8. The van der Waals surface area contributed by atoms with Gasteiger partial charge in [0.1, 0.15) is 0 Å². The topological polar surface area (TPSA) is 79.4 Å². The summed E-state index contributed by atoms with van der Waals surface area (Å²) in [5.74, 6) is -0.483. The average Bonchev–Trinajstić information content (AvgIpc) is 3.05. The third kappa shape index (κ3) is 2.28. The third-order valence-corrected chi connectivity index (χ3v) is 4.49. The van der Waals surface area contributed by atoms with E-state index in [0.717, 1.165) is 32.3 Å². The summed E-state index contributed by atoms with van der Waals surface area (Å²) in [4.78, 5) is 11.6. The minimum absolute atomic E-state index is 0.0229. The van der Waals surface area contributed by atoms with Crippen LogP contribution in [-0.4, -0.2) is 35.1 Å². The lowest BCUT2D eigenvalue weighted by atomic mass is 9.89. The molecule has 1 aliphatic heterocycles. The van der Waals surface area contributed by atoms with Crippen LogP contribution in [0.1, 0.15) is 55.1 Å². The van der Waals surface area contributed by atoms with E-state index >= 15 is 0 Å². The summed E-state index contributed by atoms with van der Waals surface area (Å²) in [5.41, 5.74) is 6.46. The summed E-state index contributed by atoms with van der Waals surface area (Å²) in [7, 11) is 1.34. The zero-order valence-electron chi connectivity index (χ0n) is 11.8. The molecule has 6 heteroatoms. The summed E-state index contributed by atoms with van der Waals surface area (Å²) >= 11 is 0. The van der Waals surface area contributed by atoms with Gasteiger partial charge in [-0.25, -0.2) is 4.79 Å². The maximum Gasteiger partial charge on any atom is 0.360 e. The summed E-state index contributed by atoms with van der Waals surface area (Å²) in [6, 6.07) is 0.252. The summed E-state index contributed by atoms with van der Waals surface area (Å²) < 4.78 is 12.5. The fourth-order valence-electron chi connectivity index (χ4n) is 3.44. The van der Waals surface area contributed by atoms with Crippen molar-refractivity contribution in [2.24, 2.45) is 0 Å².